The molecule has 21 heavy (non-hydrogen) atoms. The number of carbonyl (C=O) groups is 3. The Bertz CT molecular complexity index is 568. The minimum Gasteiger partial charge on any atom is -0.452 e. The number of ether oxygens (including phenoxy) is 1. The van der Waals surface area contributed by atoms with Gasteiger partial charge in [0.25, 0.3) is 5.91 Å². The van der Waals surface area contributed by atoms with Crippen molar-refractivity contribution in [1.82, 2.24) is 0 Å². The fraction of sp³-hybridized carbons (Fsp3) is 0.400. The predicted molar refractivity (Wildman–Crippen MR) is 76.4 cm³/mol. The van der Waals surface area contributed by atoms with Crippen LogP contribution in [0.3, 0.4) is 0 Å². The lowest BCUT2D eigenvalue weighted by atomic mass is 10.2. The van der Waals surface area contributed by atoms with Crippen LogP contribution < -0.4 is 11.1 Å². The molecule has 3 atom stereocenters. The molecule has 0 aliphatic heterocycles. The first kappa shape index (κ1) is 15.0. The second-order valence-corrected chi connectivity index (χ2v) is 5.33. The number of amides is 2. The maximum absolute atomic E-state index is 11.9. The van der Waals surface area contributed by atoms with Gasteiger partial charge in [-0.15, -0.1) is 0 Å². The van der Waals surface area contributed by atoms with E-state index in [9.17, 15) is 14.4 Å². The van der Waals surface area contributed by atoms with Gasteiger partial charge in [-0.05, 0) is 43.5 Å². The van der Waals surface area contributed by atoms with Gasteiger partial charge in [0, 0.05) is 11.3 Å². The zero-order chi connectivity index (χ0) is 15.6. The third kappa shape index (κ3) is 3.81. The third-order valence-electron chi connectivity index (χ3n) is 3.51. The fourth-order valence-corrected chi connectivity index (χ4v) is 1.93. The number of hydrogen-bond acceptors (Lipinski definition) is 4. The fourth-order valence-electron chi connectivity index (χ4n) is 1.93. The molecule has 0 aromatic heterocycles. The lowest BCUT2D eigenvalue weighted by molar-refractivity contribution is -0.154. The quantitative estimate of drug-likeness (QED) is 0.799. The van der Waals surface area contributed by atoms with E-state index in [0.29, 0.717) is 17.2 Å². The van der Waals surface area contributed by atoms with Crippen molar-refractivity contribution in [3.8, 4) is 0 Å². The molecule has 0 saturated heterocycles. The van der Waals surface area contributed by atoms with E-state index >= 15 is 0 Å². The number of anilines is 1. The van der Waals surface area contributed by atoms with Crippen molar-refractivity contribution >= 4 is 23.5 Å². The number of primary amides is 1. The highest BCUT2D eigenvalue weighted by atomic mass is 16.5. The first-order chi connectivity index (χ1) is 9.88. The van der Waals surface area contributed by atoms with E-state index in [4.69, 9.17) is 10.5 Å². The van der Waals surface area contributed by atoms with Gasteiger partial charge < -0.3 is 15.8 Å². The average Bonchev–Trinajstić information content (AvgIpc) is 3.16. The summed E-state index contributed by atoms with van der Waals surface area (Å²) in [6, 6.07) is 6.16. The number of nitrogens with one attached hydrogen (secondary N) is 1. The molecule has 1 fully saturated rings. The van der Waals surface area contributed by atoms with Gasteiger partial charge in [0.1, 0.15) is 0 Å². The molecule has 0 heterocycles. The smallest absolute Gasteiger partial charge is 0.309 e. The van der Waals surface area contributed by atoms with Crippen LogP contribution in [0, 0.1) is 11.8 Å². The minimum atomic E-state index is -0.860. The molecular weight excluding hydrogens is 272 g/mol. The number of benzene rings is 1. The first-order valence-electron chi connectivity index (χ1n) is 6.79. The number of carbonyl (C=O) groups excluding carboxylic acids is 3. The van der Waals surface area contributed by atoms with Crippen LogP contribution in [0.25, 0.3) is 0 Å². The summed E-state index contributed by atoms with van der Waals surface area (Å²) in [5, 5.41) is 2.62. The normalized spacial score (nSPS) is 21.2. The molecule has 6 nitrogen and oxygen atoms in total. The van der Waals surface area contributed by atoms with E-state index in [1.54, 1.807) is 12.1 Å². The Kier molecular flexibility index (Phi) is 4.26. The molecule has 0 spiro atoms. The maximum Gasteiger partial charge on any atom is 0.309 e. The van der Waals surface area contributed by atoms with Gasteiger partial charge >= 0.3 is 5.97 Å². The Morgan fingerprint density at radius 3 is 2.33 bits per heavy atom. The van der Waals surface area contributed by atoms with Gasteiger partial charge in [-0.25, -0.2) is 0 Å². The Labute approximate surface area is 122 Å². The van der Waals surface area contributed by atoms with Gasteiger partial charge in [0.05, 0.1) is 5.92 Å². The standard InChI is InChI=1S/C15H18N2O4/c1-8-7-12(8)15(20)21-9(2)14(19)17-11-5-3-10(4-6-11)13(16)18/h3-6,8-9,12H,7H2,1-2H3,(H2,16,18)(H,17,19)/t8-,9-,12+/m0/s1. The van der Waals surface area contributed by atoms with Crippen LogP contribution in [0.4, 0.5) is 5.69 Å². The topological polar surface area (TPSA) is 98.5 Å². The summed E-state index contributed by atoms with van der Waals surface area (Å²) in [6.45, 7) is 3.50. The van der Waals surface area contributed by atoms with Crippen LogP contribution in [0.15, 0.2) is 24.3 Å². The third-order valence-corrected chi connectivity index (χ3v) is 3.51. The summed E-state index contributed by atoms with van der Waals surface area (Å²) in [5.41, 5.74) is 5.99. The zero-order valence-electron chi connectivity index (χ0n) is 12.0. The molecule has 1 aromatic carbocycles. The van der Waals surface area contributed by atoms with Gasteiger partial charge in [0.15, 0.2) is 6.10 Å². The summed E-state index contributed by atoms with van der Waals surface area (Å²) < 4.78 is 5.12. The molecule has 6 heteroatoms. The summed E-state index contributed by atoms with van der Waals surface area (Å²) >= 11 is 0. The van der Waals surface area contributed by atoms with Gasteiger partial charge in [-0.3, -0.25) is 14.4 Å². The van der Waals surface area contributed by atoms with Crippen LogP contribution in [0.5, 0.6) is 0 Å². The van der Waals surface area contributed by atoms with Gasteiger partial charge in [0.2, 0.25) is 5.91 Å². The van der Waals surface area contributed by atoms with Crippen molar-refractivity contribution in [1.29, 1.82) is 0 Å². The second kappa shape index (κ2) is 5.95. The number of esters is 1. The van der Waals surface area contributed by atoms with E-state index in [1.807, 2.05) is 6.92 Å². The lowest BCUT2D eigenvalue weighted by Crippen LogP contribution is -2.30. The van der Waals surface area contributed by atoms with E-state index in [1.165, 1.54) is 19.1 Å². The van der Waals surface area contributed by atoms with Crippen molar-refractivity contribution in [3.63, 3.8) is 0 Å². The number of rotatable bonds is 5. The van der Waals surface area contributed by atoms with E-state index < -0.39 is 17.9 Å². The highest BCUT2D eigenvalue weighted by Gasteiger charge is 2.41. The van der Waals surface area contributed by atoms with Crippen molar-refractivity contribution < 1.29 is 19.1 Å². The number of nitrogens with two attached hydrogens (primary N) is 1. The van der Waals surface area contributed by atoms with Crippen LogP contribution in [0.1, 0.15) is 30.6 Å². The molecule has 1 aliphatic carbocycles. The monoisotopic (exact) mass is 290 g/mol. The zero-order valence-corrected chi connectivity index (χ0v) is 12.0. The Morgan fingerprint density at radius 1 is 1.29 bits per heavy atom. The molecule has 0 bridgehead atoms. The van der Waals surface area contributed by atoms with E-state index in [0.717, 1.165) is 6.42 Å². The van der Waals surface area contributed by atoms with Crippen LogP contribution in [-0.4, -0.2) is 23.9 Å². The molecule has 1 saturated carbocycles. The van der Waals surface area contributed by atoms with Crippen molar-refractivity contribution in [3.05, 3.63) is 29.8 Å². The van der Waals surface area contributed by atoms with Crippen LogP contribution in [-0.2, 0) is 14.3 Å². The second-order valence-electron chi connectivity index (χ2n) is 5.33. The SMILES string of the molecule is C[C@H](OC(=O)[C@@H]1C[C@@H]1C)C(=O)Nc1ccc(C(N)=O)cc1. The Balaban J connectivity index is 1.88. The van der Waals surface area contributed by atoms with E-state index in [-0.39, 0.29) is 11.9 Å². The highest BCUT2D eigenvalue weighted by Crippen LogP contribution is 2.38. The Morgan fingerprint density at radius 2 is 1.86 bits per heavy atom. The summed E-state index contributed by atoms with van der Waals surface area (Å²) in [6.07, 6.45) is -0.0389. The molecular formula is C15H18N2O4. The number of hydrogen-bond donors (Lipinski definition) is 2. The molecule has 2 rings (SSSR count). The summed E-state index contributed by atoms with van der Waals surface area (Å²) in [7, 11) is 0. The lowest BCUT2D eigenvalue weighted by Gasteiger charge is -2.13. The largest absolute Gasteiger partial charge is 0.452 e. The van der Waals surface area contributed by atoms with Gasteiger partial charge in [-0.2, -0.15) is 0 Å². The summed E-state index contributed by atoms with van der Waals surface area (Å²) in [5.74, 6) is -1.00. The molecule has 1 aromatic rings. The molecule has 112 valence electrons. The maximum atomic E-state index is 11.9. The molecule has 0 unspecified atom stereocenters. The average molecular weight is 290 g/mol. The van der Waals surface area contributed by atoms with Crippen LogP contribution >= 0.6 is 0 Å². The molecule has 0 radical (unpaired) electrons. The molecule has 3 N–H and O–H groups in total. The van der Waals surface area contributed by atoms with Crippen molar-refractivity contribution in [2.45, 2.75) is 26.4 Å². The molecule has 1 aliphatic rings. The predicted octanol–water partition coefficient (Wildman–Crippen LogP) is 1.31. The van der Waals surface area contributed by atoms with Crippen LogP contribution in [0.2, 0.25) is 0 Å². The minimum absolute atomic E-state index is 0.0740. The van der Waals surface area contributed by atoms with Crippen molar-refractivity contribution in [2.75, 3.05) is 5.32 Å². The summed E-state index contributed by atoms with van der Waals surface area (Å²) in [4.78, 5) is 34.5. The van der Waals surface area contributed by atoms with E-state index in [2.05, 4.69) is 5.32 Å². The first-order valence-corrected chi connectivity index (χ1v) is 6.79. The Hall–Kier alpha value is -2.37. The van der Waals surface area contributed by atoms with Crippen molar-refractivity contribution in [2.24, 2.45) is 17.6 Å². The van der Waals surface area contributed by atoms with Gasteiger partial charge in [-0.1, -0.05) is 6.92 Å². The highest BCUT2D eigenvalue weighted by molar-refractivity contribution is 5.96. The molecule has 2 amide bonds.